The molecule has 2 rings (SSSR count). The first-order chi connectivity index (χ1) is 11.2. The van der Waals surface area contributed by atoms with Crippen LogP contribution < -0.4 is 4.72 Å². The summed E-state index contributed by atoms with van der Waals surface area (Å²) in [5.74, 6) is -6.08. The van der Waals surface area contributed by atoms with Gasteiger partial charge in [-0.25, -0.2) is 26.4 Å². The molecule has 0 amide bonds. The smallest absolute Gasteiger partial charge is 0.337 e. The molecular formula is C14H9ClF3NO4S. The minimum Gasteiger partial charge on any atom is -0.465 e. The molecule has 0 atom stereocenters. The second-order valence-electron chi connectivity index (χ2n) is 4.47. The van der Waals surface area contributed by atoms with Gasteiger partial charge in [0.05, 0.1) is 23.4 Å². The molecule has 1 N–H and O–H groups in total. The van der Waals surface area contributed by atoms with Gasteiger partial charge in [-0.1, -0.05) is 11.6 Å². The molecule has 0 aliphatic carbocycles. The van der Waals surface area contributed by atoms with Gasteiger partial charge in [0.1, 0.15) is 4.90 Å². The largest absolute Gasteiger partial charge is 0.465 e. The molecule has 0 radical (unpaired) electrons. The Balaban J connectivity index is 2.47. The highest BCUT2D eigenvalue weighted by Gasteiger charge is 2.25. The van der Waals surface area contributed by atoms with Crippen molar-refractivity contribution >= 4 is 33.3 Å². The normalized spacial score (nSPS) is 11.2. The highest BCUT2D eigenvalue weighted by molar-refractivity contribution is 7.92. The van der Waals surface area contributed by atoms with Crippen LogP contribution in [0.3, 0.4) is 0 Å². The van der Waals surface area contributed by atoms with Crippen molar-refractivity contribution in [1.29, 1.82) is 0 Å². The molecule has 0 saturated carbocycles. The van der Waals surface area contributed by atoms with Crippen molar-refractivity contribution in [2.75, 3.05) is 11.8 Å². The zero-order valence-corrected chi connectivity index (χ0v) is 13.5. The van der Waals surface area contributed by atoms with Crippen LogP contribution in [0.2, 0.25) is 5.02 Å². The van der Waals surface area contributed by atoms with Gasteiger partial charge >= 0.3 is 5.97 Å². The summed E-state index contributed by atoms with van der Waals surface area (Å²) in [6.45, 7) is 0. The summed E-state index contributed by atoms with van der Waals surface area (Å²) >= 11 is 5.83. The Morgan fingerprint density at radius 1 is 1.12 bits per heavy atom. The van der Waals surface area contributed by atoms with E-state index in [9.17, 15) is 26.4 Å². The number of ether oxygens (including phenoxy) is 1. The van der Waals surface area contributed by atoms with Crippen molar-refractivity contribution in [2.45, 2.75) is 4.90 Å². The van der Waals surface area contributed by atoms with E-state index in [2.05, 4.69) is 4.74 Å². The van der Waals surface area contributed by atoms with Gasteiger partial charge in [0.25, 0.3) is 10.0 Å². The third-order valence-corrected chi connectivity index (χ3v) is 4.63. The van der Waals surface area contributed by atoms with Crippen LogP contribution in [0.1, 0.15) is 10.4 Å². The monoisotopic (exact) mass is 379 g/mol. The number of carbonyl (C=O) groups excluding carboxylic acids is 1. The molecule has 128 valence electrons. The van der Waals surface area contributed by atoms with Crippen LogP contribution >= 0.6 is 11.6 Å². The van der Waals surface area contributed by atoms with E-state index in [-0.39, 0.29) is 16.3 Å². The minimum absolute atomic E-state index is 0.0228. The number of benzene rings is 2. The van der Waals surface area contributed by atoms with Crippen LogP contribution in [-0.2, 0) is 14.8 Å². The first-order valence-corrected chi connectivity index (χ1v) is 8.07. The maximum Gasteiger partial charge on any atom is 0.337 e. The van der Waals surface area contributed by atoms with Crippen LogP contribution in [0.5, 0.6) is 0 Å². The molecule has 0 saturated heterocycles. The van der Waals surface area contributed by atoms with Gasteiger partial charge < -0.3 is 4.74 Å². The van der Waals surface area contributed by atoms with Crippen LogP contribution in [0.25, 0.3) is 0 Å². The summed E-state index contributed by atoms with van der Waals surface area (Å²) in [5, 5.41) is -0.103. The number of nitrogens with one attached hydrogen (secondary N) is 1. The van der Waals surface area contributed by atoms with E-state index in [0.29, 0.717) is 12.1 Å². The standard InChI is InChI=1S/C14H9ClF3NO4S/c1-23-14(20)7-2-3-8(15)10(6-7)19-24(21,22)11-5-4-9(16)12(17)13(11)18/h2-6,19H,1H3. The van der Waals surface area contributed by atoms with Gasteiger partial charge in [0.15, 0.2) is 17.5 Å². The molecule has 0 fully saturated rings. The average molecular weight is 380 g/mol. The second-order valence-corrected chi connectivity index (χ2v) is 6.52. The lowest BCUT2D eigenvalue weighted by molar-refractivity contribution is 0.0601. The van der Waals surface area contributed by atoms with Gasteiger partial charge in [0, 0.05) is 0 Å². The van der Waals surface area contributed by atoms with Crippen LogP contribution in [-0.4, -0.2) is 21.5 Å². The fourth-order valence-electron chi connectivity index (χ4n) is 1.76. The van der Waals surface area contributed by atoms with Crippen LogP contribution in [0.15, 0.2) is 35.2 Å². The summed E-state index contributed by atoms with van der Waals surface area (Å²) in [4.78, 5) is 10.3. The number of methoxy groups -OCH3 is 1. The number of hydrogen-bond donors (Lipinski definition) is 1. The van der Waals surface area contributed by atoms with E-state index in [1.807, 2.05) is 4.72 Å². The molecule has 0 aliphatic heterocycles. The predicted molar refractivity (Wildman–Crippen MR) is 79.9 cm³/mol. The van der Waals surface area contributed by atoms with Crippen LogP contribution in [0, 0.1) is 17.5 Å². The lowest BCUT2D eigenvalue weighted by Crippen LogP contribution is -2.16. The average Bonchev–Trinajstić information content (AvgIpc) is 2.53. The molecule has 5 nitrogen and oxygen atoms in total. The number of esters is 1. The third kappa shape index (κ3) is 3.46. The Bertz CT molecular complexity index is 918. The summed E-state index contributed by atoms with van der Waals surface area (Å²) in [6.07, 6.45) is 0. The van der Waals surface area contributed by atoms with Gasteiger partial charge in [-0.2, -0.15) is 0 Å². The number of anilines is 1. The van der Waals surface area contributed by atoms with E-state index in [1.165, 1.54) is 12.1 Å². The maximum absolute atomic E-state index is 13.7. The molecule has 2 aromatic carbocycles. The second kappa shape index (κ2) is 6.70. The molecule has 0 bridgehead atoms. The Labute approximate surface area is 140 Å². The molecule has 0 aromatic heterocycles. The molecule has 0 heterocycles. The van der Waals surface area contributed by atoms with E-state index in [4.69, 9.17) is 11.6 Å². The molecular weight excluding hydrogens is 371 g/mol. The summed E-state index contributed by atoms with van der Waals surface area (Å²) in [6, 6.07) is 4.59. The zero-order chi connectivity index (χ0) is 18.1. The number of hydrogen-bond acceptors (Lipinski definition) is 4. The Hall–Kier alpha value is -2.26. The first kappa shape index (κ1) is 18.1. The number of sulfonamides is 1. The highest BCUT2D eigenvalue weighted by atomic mass is 35.5. The molecule has 10 heteroatoms. The quantitative estimate of drug-likeness (QED) is 0.653. The highest BCUT2D eigenvalue weighted by Crippen LogP contribution is 2.28. The Morgan fingerprint density at radius 3 is 2.42 bits per heavy atom. The van der Waals surface area contributed by atoms with Crippen molar-refractivity contribution in [1.82, 2.24) is 0 Å². The summed E-state index contributed by atoms with van der Waals surface area (Å²) in [7, 11) is -3.50. The summed E-state index contributed by atoms with van der Waals surface area (Å²) in [5.41, 5.74) is -0.283. The molecule has 24 heavy (non-hydrogen) atoms. The third-order valence-electron chi connectivity index (χ3n) is 2.92. The predicted octanol–water partition coefficient (Wildman–Crippen LogP) is 3.34. The minimum atomic E-state index is -4.62. The van der Waals surface area contributed by atoms with Crippen molar-refractivity contribution in [3.8, 4) is 0 Å². The summed E-state index contributed by atoms with van der Waals surface area (Å²) < 4.78 is 70.6. The SMILES string of the molecule is COC(=O)c1ccc(Cl)c(NS(=O)(=O)c2ccc(F)c(F)c2F)c1. The molecule has 0 aliphatic rings. The molecule has 0 spiro atoms. The van der Waals surface area contributed by atoms with Crippen molar-refractivity contribution < 1.29 is 31.1 Å². The number of carbonyl (C=O) groups is 1. The topological polar surface area (TPSA) is 72.5 Å². The van der Waals surface area contributed by atoms with E-state index in [1.54, 1.807) is 0 Å². The lowest BCUT2D eigenvalue weighted by Gasteiger charge is -2.12. The van der Waals surface area contributed by atoms with Crippen molar-refractivity contribution in [3.63, 3.8) is 0 Å². The molecule has 0 unspecified atom stereocenters. The van der Waals surface area contributed by atoms with E-state index >= 15 is 0 Å². The maximum atomic E-state index is 13.7. The number of halogens is 4. The van der Waals surface area contributed by atoms with Gasteiger partial charge in [0.2, 0.25) is 0 Å². The lowest BCUT2D eigenvalue weighted by atomic mass is 10.2. The Morgan fingerprint density at radius 2 is 1.79 bits per heavy atom. The number of rotatable bonds is 4. The van der Waals surface area contributed by atoms with Gasteiger partial charge in [-0.3, -0.25) is 4.72 Å². The molecule has 2 aromatic rings. The van der Waals surface area contributed by atoms with Gasteiger partial charge in [-0.05, 0) is 30.3 Å². The fraction of sp³-hybridized carbons (Fsp3) is 0.0714. The zero-order valence-electron chi connectivity index (χ0n) is 11.9. The van der Waals surface area contributed by atoms with Gasteiger partial charge in [-0.15, -0.1) is 0 Å². The van der Waals surface area contributed by atoms with E-state index in [0.717, 1.165) is 13.2 Å². The fourth-order valence-corrected chi connectivity index (χ4v) is 3.13. The first-order valence-electron chi connectivity index (χ1n) is 6.21. The van der Waals surface area contributed by atoms with E-state index < -0.39 is 38.3 Å². The Kier molecular flexibility index (Phi) is 5.05. The van der Waals surface area contributed by atoms with Crippen molar-refractivity contribution in [3.05, 3.63) is 58.4 Å². The van der Waals surface area contributed by atoms with Crippen LogP contribution in [0.4, 0.5) is 18.9 Å². The van der Waals surface area contributed by atoms with Crippen molar-refractivity contribution in [2.24, 2.45) is 0 Å².